The van der Waals surface area contributed by atoms with Crippen LogP contribution in [0.2, 0.25) is 0 Å². The number of hydrogen-bond donors (Lipinski definition) is 1. The zero-order valence-electron chi connectivity index (χ0n) is 6.39. The van der Waals surface area contributed by atoms with Crippen LogP contribution in [0.3, 0.4) is 0 Å². The Morgan fingerprint density at radius 2 is 2.50 bits per heavy atom. The van der Waals surface area contributed by atoms with E-state index in [0.717, 1.165) is 12.3 Å². The van der Waals surface area contributed by atoms with Gasteiger partial charge in [-0.1, -0.05) is 17.7 Å². The molecule has 66 valence electrons. The van der Waals surface area contributed by atoms with Crippen LogP contribution in [0.4, 0.5) is 4.39 Å². The van der Waals surface area contributed by atoms with Crippen molar-refractivity contribution in [3.8, 4) is 0 Å². The summed E-state index contributed by atoms with van der Waals surface area (Å²) in [4.78, 5) is 0. The number of rotatable bonds is 0. The first-order valence-corrected chi connectivity index (χ1v) is 5.30. The fourth-order valence-electron chi connectivity index (χ4n) is 1.43. The Bertz CT molecular complexity index is 251. The molecule has 4 heteroatoms. The number of fused-ring (bicyclic) bond motifs is 1. The molecule has 0 bridgehead atoms. The summed E-state index contributed by atoms with van der Waals surface area (Å²) in [5, 5.41) is 3.73. The molecule has 1 heterocycles. The topological polar surface area (TPSA) is 12.0 Å². The lowest BCUT2D eigenvalue weighted by molar-refractivity contribution is 0.577. The molecule has 1 N–H and O–H groups in total. The molecule has 2 unspecified atom stereocenters. The van der Waals surface area contributed by atoms with Crippen molar-refractivity contribution >= 4 is 23.4 Å². The summed E-state index contributed by atoms with van der Waals surface area (Å²) in [5.74, 6) is 0.715. The summed E-state index contributed by atoms with van der Waals surface area (Å²) in [6.07, 6.45) is 3.29. The largest absolute Gasteiger partial charge is 0.308 e. The standard InChI is InChI=1S/C8H9ClFNS/c9-7-5(10)1-2-6-8(7)12-4-3-11-6/h1-2,6,8,11H,3-4H2. The summed E-state index contributed by atoms with van der Waals surface area (Å²) in [6.45, 7) is 0.974. The van der Waals surface area contributed by atoms with Crippen molar-refractivity contribution in [2.75, 3.05) is 12.3 Å². The maximum atomic E-state index is 13.0. The highest BCUT2D eigenvalue weighted by molar-refractivity contribution is 8.00. The fourth-order valence-corrected chi connectivity index (χ4v) is 2.96. The molecular weight excluding hydrogens is 197 g/mol. The van der Waals surface area contributed by atoms with Crippen LogP contribution < -0.4 is 5.32 Å². The molecule has 0 saturated carbocycles. The van der Waals surface area contributed by atoms with E-state index in [9.17, 15) is 4.39 Å². The molecule has 2 aliphatic rings. The predicted octanol–water partition coefficient (Wildman–Crippen LogP) is 2.05. The van der Waals surface area contributed by atoms with E-state index in [4.69, 9.17) is 11.6 Å². The van der Waals surface area contributed by atoms with Crippen LogP contribution in [0.1, 0.15) is 0 Å². The van der Waals surface area contributed by atoms with Crippen molar-refractivity contribution < 1.29 is 4.39 Å². The highest BCUT2D eigenvalue weighted by atomic mass is 35.5. The van der Waals surface area contributed by atoms with E-state index < -0.39 is 0 Å². The van der Waals surface area contributed by atoms with Crippen molar-refractivity contribution in [3.63, 3.8) is 0 Å². The maximum Gasteiger partial charge on any atom is 0.138 e. The molecule has 1 aliphatic heterocycles. The Morgan fingerprint density at radius 1 is 1.67 bits per heavy atom. The summed E-state index contributed by atoms with van der Waals surface area (Å²) in [6, 6.07) is 0.218. The van der Waals surface area contributed by atoms with E-state index in [0.29, 0.717) is 5.03 Å². The van der Waals surface area contributed by atoms with E-state index in [1.54, 1.807) is 11.8 Å². The second-order valence-corrected chi connectivity index (χ2v) is 4.48. The van der Waals surface area contributed by atoms with Crippen molar-refractivity contribution in [3.05, 3.63) is 23.0 Å². The lowest BCUT2D eigenvalue weighted by Gasteiger charge is -2.31. The van der Waals surface area contributed by atoms with Gasteiger partial charge in [-0.2, -0.15) is 0 Å². The van der Waals surface area contributed by atoms with Crippen molar-refractivity contribution in [1.82, 2.24) is 5.32 Å². The first-order chi connectivity index (χ1) is 5.79. The van der Waals surface area contributed by atoms with E-state index in [1.807, 2.05) is 6.08 Å². The molecule has 2 rings (SSSR count). The Kier molecular flexibility index (Phi) is 2.44. The number of halogens is 2. The zero-order chi connectivity index (χ0) is 8.55. The molecule has 0 radical (unpaired) electrons. The minimum Gasteiger partial charge on any atom is -0.308 e. The normalized spacial score (nSPS) is 35.2. The third-order valence-corrected chi connectivity index (χ3v) is 3.91. The van der Waals surface area contributed by atoms with Gasteiger partial charge in [0.2, 0.25) is 0 Å². The minimum atomic E-state index is -0.283. The van der Waals surface area contributed by atoms with Gasteiger partial charge in [-0.15, -0.1) is 11.8 Å². The van der Waals surface area contributed by atoms with Gasteiger partial charge >= 0.3 is 0 Å². The quantitative estimate of drug-likeness (QED) is 0.650. The van der Waals surface area contributed by atoms with Crippen LogP contribution in [0.15, 0.2) is 23.0 Å². The molecule has 0 spiro atoms. The van der Waals surface area contributed by atoms with Crippen LogP contribution in [0.25, 0.3) is 0 Å². The van der Waals surface area contributed by atoms with Gasteiger partial charge in [0.15, 0.2) is 0 Å². The lowest BCUT2D eigenvalue weighted by Crippen LogP contribution is -2.43. The van der Waals surface area contributed by atoms with Gasteiger partial charge in [-0.05, 0) is 6.08 Å². The molecular formula is C8H9ClFNS. The number of allylic oxidation sites excluding steroid dienone is 2. The van der Waals surface area contributed by atoms with Gasteiger partial charge in [0.05, 0.1) is 10.3 Å². The number of thioether (sulfide) groups is 1. The Morgan fingerprint density at radius 3 is 3.33 bits per heavy atom. The number of hydrogen-bond acceptors (Lipinski definition) is 2. The highest BCUT2D eigenvalue weighted by Gasteiger charge is 2.30. The Labute approximate surface area is 80.0 Å². The fraction of sp³-hybridized carbons (Fsp3) is 0.500. The van der Waals surface area contributed by atoms with Crippen LogP contribution in [0, 0.1) is 0 Å². The third kappa shape index (κ3) is 1.41. The zero-order valence-corrected chi connectivity index (χ0v) is 7.96. The molecule has 1 saturated heterocycles. The minimum absolute atomic E-state index is 0.0883. The smallest absolute Gasteiger partial charge is 0.138 e. The molecule has 0 aromatic rings. The van der Waals surface area contributed by atoms with Gasteiger partial charge in [-0.25, -0.2) is 4.39 Å². The van der Waals surface area contributed by atoms with E-state index in [2.05, 4.69) is 5.32 Å². The molecule has 0 aromatic carbocycles. The van der Waals surface area contributed by atoms with Crippen molar-refractivity contribution in [2.45, 2.75) is 11.3 Å². The van der Waals surface area contributed by atoms with E-state index in [-0.39, 0.29) is 17.1 Å². The molecule has 1 aliphatic carbocycles. The van der Waals surface area contributed by atoms with Gasteiger partial charge in [0.25, 0.3) is 0 Å². The monoisotopic (exact) mass is 205 g/mol. The summed E-state index contributed by atoms with van der Waals surface area (Å²) < 4.78 is 13.0. The van der Waals surface area contributed by atoms with Crippen LogP contribution in [-0.4, -0.2) is 23.6 Å². The molecule has 0 aromatic heterocycles. The molecule has 1 nitrogen and oxygen atoms in total. The van der Waals surface area contributed by atoms with E-state index >= 15 is 0 Å². The summed E-state index contributed by atoms with van der Waals surface area (Å²) in [5.41, 5.74) is 0. The maximum absolute atomic E-state index is 13.0. The lowest BCUT2D eigenvalue weighted by atomic mass is 10.1. The Hall–Kier alpha value is 0.01000. The second-order valence-electron chi connectivity index (χ2n) is 2.83. The van der Waals surface area contributed by atoms with Gasteiger partial charge in [0.1, 0.15) is 5.83 Å². The van der Waals surface area contributed by atoms with Crippen LogP contribution in [-0.2, 0) is 0 Å². The first kappa shape index (κ1) is 8.60. The molecule has 12 heavy (non-hydrogen) atoms. The van der Waals surface area contributed by atoms with Gasteiger partial charge in [-0.3, -0.25) is 0 Å². The van der Waals surface area contributed by atoms with Crippen molar-refractivity contribution in [1.29, 1.82) is 0 Å². The average molecular weight is 206 g/mol. The van der Waals surface area contributed by atoms with Gasteiger partial charge in [0, 0.05) is 18.3 Å². The van der Waals surface area contributed by atoms with Crippen LogP contribution in [0.5, 0.6) is 0 Å². The third-order valence-electron chi connectivity index (χ3n) is 2.03. The van der Waals surface area contributed by atoms with Crippen LogP contribution >= 0.6 is 23.4 Å². The summed E-state index contributed by atoms with van der Waals surface area (Å²) in [7, 11) is 0. The SMILES string of the molecule is FC1=C(Cl)C2SCCNC2C=C1. The average Bonchev–Trinajstić information content (AvgIpc) is 2.12. The van der Waals surface area contributed by atoms with E-state index in [1.165, 1.54) is 6.08 Å². The van der Waals surface area contributed by atoms with Gasteiger partial charge < -0.3 is 5.32 Å². The molecule has 2 atom stereocenters. The molecule has 0 amide bonds. The van der Waals surface area contributed by atoms with Crippen molar-refractivity contribution in [2.24, 2.45) is 0 Å². The predicted molar refractivity (Wildman–Crippen MR) is 51.2 cm³/mol. The Balaban J connectivity index is 2.23. The summed E-state index contributed by atoms with van der Waals surface area (Å²) >= 11 is 7.55. The number of nitrogens with one attached hydrogen (secondary N) is 1. The highest BCUT2D eigenvalue weighted by Crippen LogP contribution is 2.34. The first-order valence-electron chi connectivity index (χ1n) is 3.87. The molecule has 1 fully saturated rings. The second kappa shape index (κ2) is 3.40.